The van der Waals surface area contributed by atoms with Crippen LogP contribution in [0.3, 0.4) is 0 Å². The van der Waals surface area contributed by atoms with Gasteiger partial charge < -0.3 is 4.74 Å². The third-order valence-electron chi connectivity index (χ3n) is 1.71. The van der Waals surface area contributed by atoms with Crippen LogP contribution in [-0.4, -0.2) is 6.61 Å². The number of benzene rings is 1. The molecule has 0 saturated carbocycles. The molecule has 0 aliphatic heterocycles. The second-order valence-corrected chi connectivity index (χ2v) is 2.87. The minimum Gasteiger partial charge on any atom is -0.364 e. The maximum absolute atomic E-state index is 5.75. The maximum atomic E-state index is 5.75. The first kappa shape index (κ1) is 10.1. The Balaban J connectivity index is 2.60. The highest BCUT2D eigenvalue weighted by molar-refractivity contribution is 6.17. The Morgan fingerprint density at radius 1 is 1.31 bits per heavy atom. The third kappa shape index (κ3) is 3.10. The highest BCUT2D eigenvalue weighted by Gasteiger charge is 1.98. The Morgan fingerprint density at radius 3 is 2.62 bits per heavy atom. The molecule has 1 rings (SSSR count). The summed E-state index contributed by atoms with van der Waals surface area (Å²) in [5.74, 6) is 2.93. The van der Waals surface area contributed by atoms with Gasteiger partial charge in [-0.05, 0) is 11.1 Å². The van der Waals surface area contributed by atoms with Crippen LogP contribution in [0.15, 0.2) is 24.3 Å². The van der Waals surface area contributed by atoms with Crippen molar-refractivity contribution in [3.63, 3.8) is 0 Å². The molecule has 0 spiro atoms. The molecule has 0 bridgehead atoms. The summed E-state index contributed by atoms with van der Waals surface area (Å²) < 4.78 is 5.22. The molecular weight excluding hydrogens is 184 g/mol. The van der Waals surface area contributed by atoms with Crippen molar-refractivity contribution in [3.8, 4) is 12.3 Å². The molecule has 13 heavy (non-hydrogen) atoms. The normalized spacial score (nSPS) is 9.54. The van der Waals surface area contributed by atoms with Gasteiger partial charge in [0.2, 0.25) is 0 Å². The van der Waals surface area contributed by atoms with E-state index in [-0.39, 0.29) is 0 Å². The minimum absolute atomic E-state index is 0.344. The van der Waals surface area contributed by atoms with Gasteiger partial charge >= 0.3 is 0 Å². The molecule has 0 aliphatic rings. The van der Waals surface area contributed by atoms with E-state index in [9.17, 15) is 0 Å². The predicted molar refractivity (Wildman–Crippen MR) is 54.5 cm³/mol. The van der Waals surface area contributed by atoms with Crippen LogP contribution >= 0.6 is 11.6 Å². The van der Waals surface area contributed by atoms with Crippen LogP contribution in [0.25, 0.3) is 0 Å². The number of halogens is 1. The van der Waals surface area contributed by atoms with E-state index < -0.39 is 0 Å². The van der Waals surface area contributed by atoms with Gasteiger partial charge in [0.25, 0.3) is 0 Å². The van der Waals surface area contributed by atoms with Gasteiger partial charge in [-0.3, -0.25) is 0 Å². The van der Waals surface area contributed by atoms with Gasteiger partial charge in [0.1, 0.15) is 6.61 Å². The molecule has 1 aromatic carbocycles. The van der Waals surface area contributed by atoms with E-state index >= 15 is 0 Å². The molecule has 0 amide bonds. The Kier molecular flexibility index (Phi) is 4.39. The van der Waals surface area contributed by atoms with E-state index in [1.807, 2.05) is 24.3 Å². The maximum Gasteiger partial charge on any atom is 0.107 e. The van der Waals surface area contributed by atoms with E-state index in [1.54, 1.807) is 0 Å². The summed E-state index contributed by atoms with van der Waals surface area (Å²) in [4.78, 5) is 0. The van der Waals surface area contributed by atoms with E-state index in [0.717, 1.165) is 11.1 Å². The third-order valence-corrected chi connectivity index (χ3v) is 1.99. The molecule has 0 aromatic heterocycles. The average molecular weight is 195 g/mol. The molecule has 2 heteroatoms. The standard InChI is InChI=1S/C11H11ClO/c1-2-7-13-9-11-6-4-3-5-10(11)8-12/h1,3-6H,7-9H2. The number of ether oxygens (including phenoxy) is 1. The van der Waals surface area contributed by atoms with Crippen LogP contribution < -0.4 is 0 Å². The molecule has 0 unspecified atom stereocenters. The second-order valence-electron chi connectivity index (χ2n) is 2.60. The van der Waals surface area contributed by atoms with E-state index in [1.165, 1.54) is 0 Å². The van der Waals surface area contributed by atoms with Crippen LogP contribution in [0.2, 0.25) is 0 Å². The van der Waals surface area contributed by atoms with Gasteiger partial charge in [0.05, 0.1) is 6.61 Å². The van der Waals surface area contributed by atoms with Crippen molar-refractivity contribution in [1.29, 1.82) is 0 Å². The van der Waals surface area contributed by atoms with Gasteiger partial charge in [-0.25, -0.2) is 0 Å². The lowest BCUT2D eigenvalue weighted by atomic mass is 10.1. The lowest BCUT2D eigenvalue weighted by Gasteiger charge is -2.05. The van der Waals surface area contributed by atoms with Gasteiger partial charge in [-0.1, -0.05) is 30.2 Å². The van der Waals surface area contributed by atoms with Gasteiger partial charge in [-0.2, -0.15) is 0 Å². The lowest BCUT2D eigenvalue weighted by molar-refractivity contribution is 0.153. The number of hydrogen-bond donors (Lipinski definition) is 0. The van der Waals surface area contributed by atoms with Crippen LogP contribution in [0, 0.1) is 12.3 Å². The summed E-state index contributed by atoms with van der Waals surface area (Å²) in [6, 6.07) is 7.91. The van der Waals surface area contributed by atoms with Crippen molar-refractivity contribution >= 4 is 11.6 Å². The van der Waals surface area contributed by atoms with Crippen LogP contribution in [0.4, 0.5) is 0 Å². The molecule has 0 fully saturated rings. The molecule has 0 radical (unpaired) electrons. The number of terminal acetylenes is 1. The molecule has 0 N–H and O–H groups in total. The number of rotatable bonds is 4. The summed E-state index contributed by atoms with van der Waals surface area (Å²) in [5.41, 5.74) is 2.20. The Bertz CT molecular complexity index is 301. The van der Waals surface area contributed by atoms with Crippen LogP contribution in [0.5, 0.6) is 0 Å². The largest absolute Gasteiger partial charge is 0.364 e. The van der Waals surface area contributed by atoms with E-state index in [2.05, 4.69) is 5.92 Å². The smallest absolute Gasteiger partial charge is 0.107 e. The first-order valence-corrected chi connectivity index (χ1v) is 4.56. The van der Waals surface area contributed by atoms with Crippen molar-refractivity contribution in [1.82, 2.24) is 0 Å². The molecule has 0 saturated heterocycles. The van der Waals surface area contributed by atoms with Crippen LogP contribution in [-0.2, 0) is 17.2 Å². The molecule has 68 valence electrons. The summed E-state index contributed by atoms with van der Waals surface area (Å²) in [5, 5.41) is 0. The average Bonchev–Trinajstić information content (AvgIpc) is 2.19. The molecule has 0 atom stereocenters. The number of hydrogen-bond acceptors (Lipinski definition) is 1. The molecule has 1 nitrogen and oxygen atoms in total. The summed E-state index contributed by atoms with van der Waals surface area (Å²) in [7, 11) is 0. The SMILES string of the molecule is C#CCOCc1ccccc1CCl. The quantitative estimate of drug-likeness (QED) is 0.407. The second kappa shape index (κ2) is 5.64. The highest BCUT2D eigenvalue weighted by Crippen LogP contribution is 2.12. The Morgan fingerprint density at radius 2 is 2.00 bits per heavy atom. The van der Waals surface area contributed by atoms with Crippen LogP contribution in [0.1, 0.15) is 11.1 Å². The fraction of sp³-hybridized carbons (Fsp3) is 0.273. The monoisotopic (exact) mass is 194 g/mol. The zero-order valence-electron chi connectivity index (χ0n) is 7.29. The lowest BCUT2D eigenvalue weighted by Crippen LogP contribution is -1.96. The molecule has 0 heterocycles. The van der Waals surface area contributed by atoms with Gasteiger partial charge in [0, 0.05) is 5.88 Å². The predicted octanol–water partition coefficient (Wildman–Crippen LogP) is 2.58. The summed E-state index contributed by atoms with van der Waals surface area (Å²) in [6.45, 7) is 0.879. The first-order chi connectivity index (χ1) is 6.38. The topological polar surface area (TPSA) is 9.23 Å². The zero-order chi connectivity index (χ0) is 9.52. The highest BCUT2D eigenvalue weighted by atomic mass is 35.5. The van der Waals surface area contributed by atoms with Crippen molar-refractivity contribution in [2.24, 2.45) is 0 Å². The Hall–Kier alpha value is -0.970. The fourth-order valence-electron chi connectivity index (χ4n) is 1.05. The molecule has 0 aliphatic carbocycles. The first-order valence-electron chi connectivity index (χ1n) is 4.02. The molecular formula is C11H11ClO. The van der Waals surface area contributed by atoms with Gasteiger partial charge in [-0.15, -0.1) is 18.0 Å². The van der Waals surface area contributed by atoms with E-state index in [4.69, 9.17) is 22.8 Å². The summed E-state index contributed by atoms with van der Waals surface area (Å²) >= 11 is 5.75. The zero-order valence-corrected chi connectivity index (χ0v) is 8.05. The van der Waals surface area contributed by atoms with Gasteiger partial charge in [0.15, 0.2) is 0 Å². The fourth-order valence-corrected chi connectivity index (χ4v) is 1.31. The Labute approximate surface area is 83.7 Å². The number of alkyl halides is 1. The van der Waals surface area contributed by atoms with Crippen molar-refractivity contribution in [2.45, 2.75) is 12.5 Å². The van der Waals surface area contributed by atoms with Crippen molar-refractivity contribution in [2.75, 3.05) is 6.61 Å². The summed E-state index contributed by atoms with van der Waals surface area (Å²) in [6.07, 6.45) is 5.06. The van der Waals surface area contributed by atoms with E-state index in [0.29, 0.717) is 19.1 Å². The minimum atomic E-state index is 0.344. The van der Waals surface area contributed by atoms with Crippen molar-refractivity contribution in [3.05, 3.63) is 35.4 Å². The van der Waals surface area contributed by atoms with Crippen molar-refractivity contribution < 1.29 is 4.74 Å². The molecule has 1 aromatic rings.